The van der Waals surface area contributed by atoms with Crippen molar-refractivity contribution >= 4 is 45.0 Å². The third-order valence-corrected chi connectivity index (χ3v) is 3.40. The van der Waals surface area contributed by atoms with Gasteiger partial charge in [0.05, 0.1) is 5.88 Å². The van der Waals surface area contributed by atoms with Gasteiger partial charge in [-0.2, -0.15) is 0 Å². The van der Waals surface area contributed by atoms with Crippen molar-refractivity contribution in [3.63, 3.8) is 0 Å². The number of alkyl halides is 1. The summed E-state index contributed by atoms with van der Waals surface area (Å²) >= 11 is 7.33. The van der Waals surface area contributed by atoms with E-state index in [1.165, 1.54) is 11.3 Å². The van der Waals surface area contributed by atoms with E-state index in [0.717, 1.165) is 21.9 Å². The molecule has 1 aromatic carbocycles. The largest absolute Gasteiger partial charge is 0.398 e. The van der Waals surface area contributed by atoms with E-state index in [4.69, 9.17) is 17.3 Å². The van der Waals surface area contributed by atoms with Gasteiger partial charge >= 0.3 is 0 Å². The molecule has 0 saturated heterocycles. The second-order valence-corrected chi connectivity index (χ2v) is 4.13. The number of nitrogens with two attached hydrogens (primary N) is 1. The number of hydrogen-bond acceptors (Lipinski definition) is 3. The Morgan fingerprint density at radius 1 is 1.57 bits per heavy atom. The maximum Gasteiger partial charge on any atom is 0.151 e. The van der Waals surface area contributed by atoms with Crippen LogP contribution in [0.2, 0.25) is 0 Å². The SMILES string of the molecule is Nc1cc(C=O)c2sccc2c1CCl. The lowest BCUT2D eigenvalue weighted by Crippen LogP contribution is -1.94. The first-order chi connectivity index (χ1) is 6.77. The molecule has 0 atom stereocenters. The number of rotatable bonds is 2. The van der Waals surface area contributed by atoms with Gasteiger partial charge in [0.15, 0.2) is 6.29 Å². The van der Waals surface area contributed by atoms with Gasteiger partial charge in [-0.05, 0) is 28.5 Å². The lowest BCUT2D eigenvalue weighted by molar-refractivity contribution is 0.112. The molecule has 72 valence electrons. The number of carbonyl (C=O) groups excluding carboxylic acids is 1. The predicted molar refractivity (Wildman–Crippen MR) is 61.2 cm³/mol. The van der Waals surface area contributed by atoms with Gasteiger partial charge < -0.3 is 5.73 Å². The molecule has 4 heteroatoms. The summed E-state index contributed by atoms with van der Waals surface area (Å²) in [4.78, 5) is 10.8. The zero-order chi connectivity index (χ0) is 10.1. The first-order valence-corrected chi connectivity index (χ1v) is 5.49. The van der Waals surface area contributed by atoms with Gasteiger partial charge in [0.25, 0.3) is 0 Å². The van der Waals surface area contributed by atoms with Crippen LogP contribution in [0.4, 0.5) is 5.69 Å². The fourth-order valence-electron chi connectivity index (χ4n) is 1.48. The summed E-state index contributed by atoms with van der Waals surface area (Å²) in [6.07, 6.45) is 0.827. The molecular weight excluding hydrogens is 218 g/mol. The van der Waals surface area contributed by atoms with Crippen LogP contribution in [0.1, 0.15) is 15.9 Å². The van der Waals surface area contributed by atoms with Crippen LogP contribution in [0.3, 0.4) is 0 Å². The van der Waals surface area contributed by atoms with Crippen molar-refractivity contribution < 1.29 is 4.79 Å². The molecule has 0 spiro atoms. The Bertz CT molecular complexity index is 492. The molecule has 0 radical (unpaired) electrons. The Morgan fingerprint density at radius 2 is 2.36 bits per heavy atom. The molecule has 0 amide bonds. The second kappa shape index (κ2) is 3.59. The van der Waals surface area contributed by atoms with E-state index < -0.39 is 0 Å². The normalized spacial score (nSPS) is 10.6. The van der Waals surface area contributed by atoms with Gasteiger partial charge in [-0.1, -0.05) is 0 Å². The molecule has 1 heterocycles. The Balaban J connectivity index is 2.88. The predicted octanol–water partition coefficient (Wildman–Crippen LogP) is 3.03. The molecule has 0 aliphatic carbocycles. The number of benzene rings is 1. The molecule has 0 saturated carbocycles. The average molecular weight is 226 g/mol. The van der Waals surface area contributed by atoms with E-state index in [2.05, 4.69) is 0 Å². The minimum Gasteiger partial charge on any atom is -0.398 e. The van der Waals surface area contributed by atoms with Crippen LogP contribution in [-0.2, 0) is 5.88 Å². The number of fused-ring (bicyclic) bond motifs is 1. The number of aldehydes is 1. The molecule has 0 fully saturated rings. The average Bonchev–Trinajstić information content (AvgIpc) is 2.65. The molecular formula is C10H8ClNOS. The smallest absolute Gasteiger partial charge is 0.151 e. The Labute approximate surface area is 90.3 Å². The fraction of sp³-hybridized carbons (Fsp3) is 0.100. The minimum absolute atomic E-state index is 0.373. The lowest BCUT2D eigenvalue weighted by Gasteiger charge is -2.05. The highest BCUT2D eigenvalue weighted by Crippen LogP contribution is 2.32. The van der Waals surface area contributed by atoms with Crippen molar-refractivity contribution in [1.29, 1.82) is 0 Å². The third kappa shape index (κ3) is 1.29. The molecule has 2 nitrogen and oxygen atoms in total. The van der Waals surface area contributed by atoms with Crippen LogP contribution < -0.4 is 5.73 Å². The van der Waals surface area contributed by atoms with E-state index in [1.54, 1.807) is 6.07 Å². The zero-order valence-electron chi connectivity index (χ0n) is 7.29. The van der Waals surface area contributed by atoms with Gasteiger partial charge in [0.1, 0.15) is 0 Å². The monoisotopic (exact) mass is 225 g/mol. The molecule has 14 heavy (non-hydrogen) atoms. The molecule has 2 N–H and O–H groups in total. The van der Waals surface area contributed by atoms with Crippen LogP contribution >= 0.6 is 22.9 Å². The standard InChI is InChI=1S/C10H8ClNOS/c11-4-8-7-1-2-14-10(7)6(5-13)3-9(8)12/h1-3,5H,4,12H2. The van der Waals surface area contributed by atoms with Crippen LogP contribution in [0.5, 0.6) is 0 Å². The van der Waals surface area contributed by atoms with E-state index in [1.807, 2.05) is 11.4 Å². The number of thiophene rings is 1. The molecule has 0 aliphatic heterocycles. The number of carbonyl (C=O) groups is 1. The number of halogens is 1. The van der Waals surface area contributed by atoms with Crippen molar-refractivity contribution in [1.82, 2.24) is 0 Å². The van der Waals surface area contributed by atoms with Crippen molar-refractivity contribution in [2.45, 2.75) is 5.88 Å². The number of anilines is 1. The molecule has 2 aromatic rings. The van der Waals surface area contributed by atoms with Gasteiger partial charge in [-0.3, -0.25) is 4.79 Å². The Morgan fingerprint density at radius 3 is 3.00 bits per heavy atom. The van der Waals surface area contributed by atoms with E-state index in [-0.39, 0.29) is 0 Å². The van der Waals surface area contributed by atoms with Gasteiger partial charge in [-0.25, -0.2) is 0 Å². The number of hydrogen-bond donors (Lipinski definition) is 1. The van der Waals surface area contributed by atoms with Gasteiger partial charge in [0.2, 0.25) is 0 Å². The fourth-order valence-corrected chi connectivity index (χ4v) is 2.68. The molecule has 0 unspecified atom stereocenters. The van der Waals surface area contributed by atoms with Gasteiger partial charge in [0, 0.05) is 16.0 Å². The first kappa shape index (κ1) is 9.49. The lowest BCUT2D eigenvalue weighted by atomic mass is 10.1. The molecule has 2 rings (SSSR count). The van der Waals surface area contributed by atoms with Gasteiger partial charge in [-0.15, -0.1) is 22.9 Å². The highest BCUT2D eigenvalue weighted by molar-refractivity contribution is 7.17. The minimum atomic E-state index is 0.373. The van der Waals surface area contributed by atoms with Crippen LogP contribution in [0, 0.1) is 0 Å². The highest BCUT2D eigenvalue weighted by atomic mass is 35.5. The summed E-state index contributed by atoms with van der Waals surface area (Å²) in [7, 11) is 0. The van der Waals surface area contributed by atoms with Crippen molar-refractivity contribution in [3.05, 3.63) is 28.6 Å². The van der Waals surface area contributed by atoms with E-state index >= 15 is 0 Å². The summed E-state index contributed by atoms with van der Waals surface area (Å²) in [6, 6.07) is 3.63. The maximum absolute atomic E-state index is 10.8. The topological polar surface area (TPSA) is 43.1 Å². The number of nitrogen functional groups attached to an aromatic ring is 1. The van der Waals surface area contributed by atoms with Crippen LogP contribution in [0.25, 0.3) is 10.1 Å². The van der Waals surface area contributed by atoms with Crippen molar-refractivity contribution in [3.8, 4) is 0 Å². The quantitative estimate of drug-likeness (QED) is 0.485. The Hall–Kier alpha value is -1.06. The zero-order valence-corrected chi connectivity index (χ0v) is 8.86. The second-order valence-electron chi connectivity index (χ2n) is 2.95. The van der Waals surface area contributed by atoms with Crippen LogP contribution in [0.15, 0.2) is 17.5 Å². The molecule has 1 aromatic heterocycles. The molecule has 0 aliphatic rings. The molecule has 0 bridgehead atoms. The van der Waals surface area contributed by atoms with E-state index in [0.29, 0.717) is 17.1 Å². The third-order valence-electron chi connectivity index (χ3n) is 2.17. The van der Waals surface area contributed by atoms with Crippen LogP contribution in [-0.4, -0.2) is 6.29 Å². The maximum atomic E-state index is 10.8. The summed E-state index contributed by atoms with van der Waals surface area (Å²) < 4.78 is 0.963. The summed E-state index contributed by atoms with van der Waals surface area (Å²) in [5, 5.41) is 2.93. The van der Waals surface area contributed by atoms with Crippen molar-refractivity contribution in [2.24, 2.45) is 0 Å². The first-order valence-electron chi connectivity index (χ1n) is 4.07. The summed E-state index contributed by atoms with van der Waals surface area (Å²) in [6.45, 7) is 0. The summed E-state index contributed by atoms with van der Waals surface area (Å²) in [5.74, 6) is 0.373. The Kier molecular flexibility index (Phi) is 2.44. The summed E-state index contributed by atoms with van der Waals surface area (Å²) in [5.41, 5.74) is 7.94. The highest BCUT2D eigenvalue weighted by Gasteiger charge is 2.09. The van der Waals surface area contributed by atoms with Crippen molar-refractivity contribution in [2.75, 3.05) is 5.73 Å². The van der Waals surface area contributed by atoms with E-state index in [9.17, 15) is 4.79 Å².